The zero-order valence-corrected chi connectivity index (χ0v) is 40.8. The van der Waals surface area contributed by atoms with Crippen LogP contribution in [0.15, 0.2) is 140 Å². The highest BCUT2D eigenvalue weighted by molar-refractivity contribution is 7.54. The van der Waals surface area contributed by atoms with Crippen molar-refractivity contribution in [1.29, 1.82) is 0 Å². The molecular weight excluding hydrogens is 937 g/mol. The summed E-state index contributed by atoms with van der Waals surface area (Å²) in [6.45, 7) is 0. The van der Waals surface area contributed by atoms with Crippen LogP contribution in [0.5, 0.6) is 34.5 Å². The summed E-state index contributed by atoms with van der Waals surface area (Å²) in [7, 11) is 24.7. The second kappa shape index (κ2) is 24.2. The van der Waals surface area contributed by atoms with Gasteiger partial charge < -0.3 is 28.4 Å². The Morgan fingerprint density at radius 3 is 1.32 bits per heavy atom. The van der Waals surface area contributed by atoms with Crippen LogP contribution in [-0.4, -0.2) is 65.1 Å². The van der Waals surface area contributed by atoms with E-state index in [2.05, 4.69) is 30.3 Å². The van der Waals surface area contributed by atoms with Crippen LogP contribution in [0.25, 0.3) is 41.1 Å². The van der Waals surface area contributed by atoms with E-state index in [1.54, 1.807) is 114 Å². The van der Waals surface area contributed by atoms with Gasteiger partial charge in [0.25, 0.3) is 5.24 Å². The van der Waals surface area contributed by atoms with Crippen LogP contribution in [0.1, 0.15) is 26.3 Å². The molecule has 0 aliphatic heterocycles. The maximum absolute atomic E-state index is 13.5. The number of benzene rings is 6. The highest BCUT2D eigenvalue weighted by atomic mass is 35.8. The van der Waals surface area contributed by atoms with E-state index in [1.165, 1.54) is 20.5 Å². The Morgan fingerprint density at radius 2 is 0.857 bits per heavy atom. The molecule has 0 N–H and O–H groups in total. The number of fused-ring (bicyclic) bond motifs is 2. The topological polar surface area (TPSA) is 89.5 Å². The number of ketones is 1. The van der Waals surface area contributed by atoms with Gasteiger partial charge in [-0.1, -0.05) is 0 Å². The summed E-state index contributed by atoms with van der Waals surface area (Å²) in [6.07, 6.45) is 0. The molecule has 0 spiro atoms. The first-order chi connectivity index (χ1) is 30.4. The average molecular weight is 979 g/mol. The van der Waals surface area contributed by atoms with E-state index < -0.39 is 16.6 Å². The van der Waals surface area contributed by atoms with Crippen LogP contribution >= 0.6 is 64.4 Å². The number of rotatable bonds is 11. The number of halogens is 4. The van der Waals surface area contributed by atoms with Crippen LogP contribution in [0.2, 0.25) is 0 Å². The SMILES string of the molecule is COc1ccc(-c2cc3ccc(OC)cc3s2)cc1.COc1ccc(C(=O)Cl)cc1.COc1ccc(C(=O)c2c(-c3ccc(OC)cc3)sc3cc(OC)ccc23)cc1.[Cl][Al]([Cl])[Cl]. The van der Waals surface area contributed by atoms with Gasteiger partial charge in [0.1, 0.15) is 34.5 Å². The smallest absolute Gasteiger partial charge is 0.497 e. The van der Waals surface area contributed by atoms with Gasteiger partial charge in [-0.05, 0) is 168 Å². The summed E-state index contributed by atoms with van der Waals surface area (Å²) in [5, 5.41) is 1.71. The van der Waals surface area contributed by atoms with Crippen molar-refractivity contribution in [1.82, 2.24) is 0 Å². The second-order valence-electron chi connectivity index (χ2n) is 12.9. The fraction of sp³-hybridized carbons (Fsp3) is 0.125. The Hall–Kier alpha value is -4.93. The van der Waals surface area contributed by atoms with Crippen molar-refractivity contribution in [2.75, 3.05) is 42.7 Å². The van der Waals surface area contributed by atoms with Gasteiger partial charge in [-0.15, -0.1) is 22.7 Å². The Labute approximate surface area is 396 Å². The fourth-order valence-electron chi connectivity index (χ4n) is 6.02. The summed E-state index contributed by atoms with van der Waals surface area (Å²) in [5.74, 6) is 4.74. The molecule has 0 radical (unpaired) electrons. The van der Waals surface area contributed by atoms with E-state index in [1.807, 2.05) is 60.7 Å². The second-order valence-corrected chi connectivity index (χ2v) is 21.9. The number of carbonyl (C=O) groups excluding carboxylic acids is 2. The van der Waals surface area contributed by atoms with E-state index in [-0.39, 0.29) is 5.78 Å². The first-order valence-electron chi connectivity index (χ1n) is 18.8. The monoisotopic (exact) mass is 976 g/mol. The van der Waals surface area contributed by atoms with Crippen molar-refractivity contribution >= 4 is 107 Å². The summed E-state index contributed by atoms with van der Waals surface area (Å²) in [4.78, 5) is 26.3. The van der Waals surface area contributed by atoms with Crippen molar-refractivity contribution in [3.63, 3.8) is 0 Å². The lowest BCUT2D eigenvalue weighted by atomic mass is 9.97. The largest absolute Gasteiger partial charge is 0.643 e. The predicted octanol–water partition coefficient (Wildman–Crippen LogP) is 14.2. The fourth-order valence-corrected chi connectivity index (χ4v) is 8.48. The Kier molecular flexibility index (Phi) is 18.9. The number of carbonyl (C=O) groups is 2. The summed E-state index contributed by atoms with van der Waals surface area (Å²) in [6, 6.07) is 43.9. The molecule has 2 heterocycles. The van der Waals surface area contributed by atoms with E-state index in [0.717, 1.165) is 49.3 Å². The van der Waals surface area contributed by atoms with E-state index >= 15 is 0 Å². The first-order valence-corrected chi connectivity index (χ1v) is 26.1. The van der Waals surface area contributed by atoms with E-state index in [0.29, 0.717) is 22.4 Å². The van der Waals surface area contributed by atoms with Crippen LogP contribution in [0.4, 0.5) is 0 Å². The van der Waals surface area contributed by atoms with Crippen molar-refractivity contribution in [2.45, 2.75) is 0 Å². The average Bonchev–Trinajstić information content (AvgIpc) is 3.93. The molecule has 2 aromatic heterocycles. The van der Waals surface area contributed by atoms with Gasteiger partial charge in [-0.3, -0.25) is 9.59 Å². The lowest BCUT2D eigenvalue weighted by molar-refractivity contribution is 0.103. The maximum atomic E-state index is 13.5. The third kappa shape index (κ3) is 13.5. The van der Waals surface area contributed by atoms with Gasteiger partial charge in [-0.2, -0.15) is 0 Å². The van der Waals surface area contributed by atoms with Crippen molar-refractivity contribution in [2.24, 2.45) is 0 Å². The van der Waals surface area contributed by atoms with Crippen LogP contribution in [0.3, 0.4) is 0 Å². The Bertz CT molecular complexity index is 2720. The number of thiophene rings is 2. The van der Waals surface area contributed by atoms with Gasteiger partial charge >= 0.3 is 11.4 Å². The lowest BCUT2D eigenvalue weighted by Gasteiger charge is -2.07. The molecule has 8 aromatic rings. The molecule has 0 atom stereocenters. The molecule has 0 aliphatic rings. The third-order valence-corrected chi connectivity index (χ3v) is 11.8. The van der Waals surface area contributed by atoms with Gasteiger partial charge in [0.05, 0.1) is 42.7 Å². The Balaban J connectivity index is 0.000000188. The lowest BCUT2D eigenvalue weighted by Crippen LogP contribution is -2.02. The molecule has 8 nitrogen and oxygen atoms in total. The van der Waals surface area contributed by atoms with Crippen molar-refractivity contribution < 1.29 is 38.0 Å². The molecule has 6 aromatic carbocycles. The van der Waals surface area contributed by atoms with Crippen molar-refractivity contribution in [3.05, 3.63) is 156 Å². The van der Waals surface area contributed by atoms with Crippen LogP contribution in [0, 0.1) is 0 Å². The molecule has 0 unspecified atom stereocenters. The normalized spacial score (nSPS) is 10.2. The highest BCUT2D eigenvalue weighted by Crippen LogP contribution is 2.42. The highest BCUT2D eigenvalue weighted by Gasteiger charge is 2.22. The maximum Gasteiger partial charge on any atom is 0.643 e. The minimum Gasteiger partial charge on any atom is -0.497 e. The third-order valence-electron chi connectivity index (χ3n) is 9.25. The Morgan fingerprint density at radius 1 is 0.460 bits per heavy atom. The molecule has 63 heavy (non-hydrogen) atoms. The molecular formula is C48H41AlCl4O8S2. The van der Waals surface area contributed by atoms with Gasteiger partial charge in [0.2, 0.25) is 0 Å². The van der Waals surface area contributed by atoms with E-state index in [4.69, 9.17) is 70.2 Å². The summed E-state index contributed by atoms with van der Waals surface area (Å²) < 4.78 is 33.4. The molecule has 8 rings (SSSR count). The van der Waals surface area contributed by atoms with E-state index in [9.17, 15) is 9.59 Å². The summed E-state index contributed by atoms with van der Waals surface area (Å²) >= 11 is 6.85. The number of ether oxygens (including phenoxy) is 6. The molecule has 0 saturated heterocycles. The summed E-state index contributed by atoms with van der Waals surface area (Å²) in [5.41, 5.74) is 3.98. The molecule has 324 valence electrons. The number of methoxy groups -OCH3 is 6. The van der Waals surface area contributed by atoms with Crippen LogP contribution in [-0.2, 0) is 0 Å². The van der Waals surface area contributed by atoms with Gasteiger partial charge in [0.15, 0.2) is 5.78 Å². The number of hydrogen-bond donors (Lipinski definition) is 0. The molecule has 0 bridgehead atoms. The van der Waals surface area contributed by atoms with Gasteiger partial charge in [0, 0.05) is 41.2 Å². The molecule has 0 aliphatic carbocycles. The quantitative estimate of drug-likeness (QED) is 0.0719. The minimum atomic E-state index is -1.72. The zero-order chi connectivity index (χ0) is 45.5. The first kappa shape index (κ1) is 49.1. The standard InChI is InChI=1S/C24H20O4S.C16H14O2S.C8H7ClO2.Al.3ClH/c1-26-17-8-4-15(5-9-17)23(25)22-20-13-12-19(28-3)14-21(20)29-24(22)16-6-10-18(27-2)11-7-16;1-17-13-6-3-11(4-7-13)15-9-12-5-8-14(18-2)10-16(12)19-15;1-11-7-4-2-6(3-5-7)8(9)10;;;;/h4-14H,1-3H3;3-10H,1-2H3;2-5H,1H3;;3*1H/q;;;+3;;;/p-3. The predicted molar refractivity (Wildman–Crippen MR) is 264 cm³/mol. The van der Waals surface area contributed by atoms with Crippen molar-refractivity contribution in [3.8, 4) is 55.4 Å². The molecule has 0 fully saturated rings. The molecule has 0 saturated carbocycles. The minimum absolute atomic E-state index is 0.0186. The van der Waals surface area contributed by atoms with Gasteiger partial charge in [-0.25, -0.2) is 30.1 Å². The molecule has 15 heteroatoms. The van der Waals surface area contributed by atoms with Crippen LogP contribution < -0.4 is 28.4 Å². The zero-order valence-electron chi connectivity index (χ0n) is 35.0. The molecule has 0 amide bonds. The number of hydrogen-bond acceptors (Lipinski definition) is 10.